The second kappa shape index (κ2) is 8.01. The van der Waals surface area contributed by atoms with E-state index < -0.39 is 0 Å². The Bertz CT molecular complexity index is 1320. The number of rotatable bonds is 5. The van der Waals surface area contributed by atoms with Gasteiger partial charge < -0.3 is 15.5 Å². The number of nitrogens with two attached hydrogens (primary N) is 1. The van der Waals surface area contributed by atoms with Gasteiger partial charge in [-0.3, -0.25) is 0 Å². The summed E-state index contributed by atoms with van der Waals surface area (Å²) in [4.78, 5) is 8.68. The molecule has 0 aliphatic carbocycles. The molecule has 0 amide bonds. The van der Waals surface area contributed by atoms with Crippen LogP contribution >= 0.6 is 0 Å². The lowest BCUT2D eigenvalue weighted by molar-refractivity contribution is 0.531. The van der Waals surface area contributed by atoms with Crippen LogP contribution in [0.2, 0.25) is 0 Å². The fraction of sp³-hybridized carbons (Fsp3) is 0.231. The number of nitrogens with zero attached hydrogens (tertiary/aromatic N) is 5. The average Bonchev–Trinajstić information content (AvgIpc) is 3.32. The highest BCUT2D eigenvalue weighted by molar-refractivity contribution is 5.67. The van der Waals surface area contributed by atoms with E-state index in [4.69, 9.17) is 10.8 Å². The summed E-state index contributed by atoms with van der Waals surface area (Å²) in [6, 6.07) is 18.8. The zero-order valence-corrected chi connectivity index (χ0v) is 18.9. The predicted molar refractivity (Wildman–Crippen MR) is 131 cm³/mol. The van der Waals surface area contributed by atoms with E-state index in [0.717, 1.165) is 52.6 Å². The zero-order chi connectivity index (χ0) is 23.2. The molecular formula is C26H27FN6. The second-order valence-corrected chi connectivity index (χ2v) is 9.12. The molecule has 1 unspecified atom stereocenters. The number of halogens is 1. The predicted octanol–water partition coefficient (Wildman–Crippen LogP) is 4.61. The molecule has 33 heavy (non-hydrogen) atoms. The van der Waals surface area contributed by atoms with Crippen LogP contribution in [0.4, 0.5) is 15.9 Å². The molecule has 3 heterocycles. The van der Waals surface area contributed by atoms with Crippen molar-refractivity contribution in [3.63, 3.8) is 0 Å². The van der Waals surface area contributed by atoms with Gasteiger partial charge in [0.2, 0.25) is 0 Å². The van der Waals surface area contributed by atoms with Crippen molar-refractivity contribution in [1.82, 2.24) is 14.6 Å². The van der Waals surface area contributed by atoms with Gasteiger partial charge in [0.15, 0.2) is 5.65 Å². The molecule has 1 atom stereocenters. The second-order valence-electron chi connectivity index (χ2n) is 9.12. The smallest absolute Gasteiger partial charge is 0.154 e. The van der Waals surface area contributed by atoms with Crippen LogP contribution in [0.5, 0.6) is 0 Å². The highest BCUT2D eigenvalue weighted by Gasteiger charge is 2.33. The van der Waals surface area contributed by atoms with E-state index in [1.165, 1.54) is 6.07 Å². The first-order chi connectivity index (χ1) is 15.8. The quantitative estimate of drug-likeness (QED) is 0.489. The first kappa shape index (κ1) is 21.2. The van der Waals surface area contributed by atoms with E-state index in [9.17, 15) is 4.39 Å². The molecule has 5 rings (SSSR count). The topological polar surface area (TPSA) is 62.7 Å². The molecule has 1 fully saturated rings. The number of benzene rings is 2. The fourth-order valence-electron chi connectivity index (χ4n) is 4.43. The van der Waals surface area contributed by atoms with Crippen molar-refractivity contribution < 1.29 is 4.39 Å². The molecule has 0 saturated carbocycles. The number of hydrogen-bond acceptors (Lipinski definition) is 5. The standard InChI is InChI=1S/C26H27FN6/c1-18-14-26(2,28)17-32(18)22-9-7-20(8-10-22)23-15-29-24-11-12-25(30-33(23)24)31(3)16-19-5-4-6-21(27)13-19/h4-13,15H,1,14,16-17,28H2,2-3H3. The van der Waals surface area contributed by atoms with Crippen LogP contribution in [0.1, 0.15) is 18.9 Å². The molecule has 2 aromatic carbocycles. The molecule has 2 aromatic heterocycles. The first-order valence-electron chi connectivity index (χ1n) is 10.9. The minimum Gasteiger partial charge on any atom is -0.354 e. The van der Waals surface area contributed by atoms with E-state index in [2.05, 4.69) is 47.7 Å². The highest BCUT2D eigenvalue weighted by atomic mass is 19.1. The Morgan fingerprint density at radius 2 is 1.94 bits per heavy atom. The third-order valence-electron chi connectivity index (χ3n) is 6.03. The molecular weight excluding hydrogens is 415 g/mol. The Balaban J connectivity index is 1.41. The molecule has 6 nitrogen and oxygen atoms in total. The summed E-state index contributed by atoms with van der Waals surface area (Å²) in [6.07, 6.45) is 2.62. The maximum atomic E-state index is 13.6. The van der Waals surface area contributed by atoms with Crippen LogP contribution in [-0.4, -0.2) is 33.7 Å². The number of hydrogen-bond donors (Lipinski definition) is 1. The van der Waals surface area contributed by atoms with Gasteiger partial charge in [0.1, 0.15) is 11.6 Å². The minimum absolute atomic E-state index is 0.238. The third-order valence-corrected chi connectivity index (χ3v) is 6.03. The van der Waals surface area contributed by atoms with E-state index in [1.807, 2.05) is 40.9 Å². The van der Waals surface area contributed by atoms with Gasteiger partial charge in [-0.25, -0.2) is 13.9 Å². The Labute approximate surface area is 192 Å². The zero-order valence-electron chi connectivity index (χ0n) is 18.9. The summed E-state index contributed by atoms with van der Waals surface area (Å²) in [6.45, 7) is 7.54. The summed E-state index contributed by atoms with van der Waals surface area (Å²) in [5, 5.41) is 4.81. The SMILES string of the molecule is C=C1CC(C)(N)CN1c1ccc(-c2cnc3ccc(N(C)Cc4cccc(F)c4)nn23)cc1. The summed E-state index contributed by atoms with van der Waals surface area (Å²) in [5.74, 6) is 0.538. The monoisotopic (exact) mass is 442 g/mol. The summed E-state index contributed by atoms with van der Waals surface area (Å²) in [5.41, 5.74) is 11.8. The number of aromatic nitrogens is 3. The van der Waals surface area contributed by atoms with Gasteiger partial charge in [-0.15, -0.1) is 5.10 Å². The fourth-order valence-corrected chi connectivity index (χ4v) is 4.43. The molecule has 1 saturated heterocycles. The van der Waals surface area contributed by atoms with Crippen molar-refractivity contribution in [1.29, 1.82) is 0 Å². The molecule has 4 aromatic rings. The van der Waals surface area contributed by atoms with Gasteiger partial charge in [0, 0.05) is 49.0 Å². The lowest BCUT2D eigenvalue weighted by Crippen LogP contribution is -2.39. The molecule has 1 aliphatic heterocycles. The Morgan fingerprint density at radius 3 is 2.64 bits per heavy atom. The largest absolute Gasteiger partial charge is 0.354 e. The van der Waals surface area contributed by atoms with E-state index in [-0.39, 0.29) is 11.4 Å². The van der Waals surface area contributed by atoms with E-state index >= 15 is 0 Å². The number of fused-ring (bicyclic) bond motifs is 1. The third kappa shape index (κ3) is 4.19. The van der Waals surface area contributed by atoms with Crippen LogP contribution in [0, 0.1) is 5.82 Å². The summed E-state index contributed by atoms with van der Waals surface area (Å²) >= 11 is 0. The van der Waals surface area contributed by atoms with Crippen LogP contribution in [0.15, 0.2) is 79.1 Å². The lowest BCUT2D eigenvalue weighted by atomic mass is 10.0. The molecule has 0 radical (unpaired) electrons. The highest BCUT2D eigenvalue weighted by Crippen LogP contribution is 2.33. The van der Waals surface area contributed by atoms with Crippen LogP contribution in [0.3, 0.4) is 0 Å². The Hall–Kier alpha value is -3.71. The van der Waals surface area contributed by atoms with Crippen molar-refractivity contribution in [3.05, 3.63) is 90.5 Å². The van der Waals surface area contributed by atoms with Gasteiger partial charge >= 0.3 is 0 Å². The Kier molecular flexibility index (Phi) is 5.13. The van der Waals surface area contributed by atoms with Crippen LogP contribution in [0.25, 0.3) is 16.9 Å². The van der Waals surface area contributed by atoms with E-state index in [1.54, 1.807) is 12.1 Å². The Morgan fingerprint density at radius 1 is 1.15 bits per heavy atom. The normalized spacial score (nSPS) is 18.3. The van der Waals surface area contributed by atoms with Crippen LogP contribution in [-0.2, 0) is 6.54 Å². The first-order valence-corrected chi connectivity index (χ1v) is 10.9. The van der Waals surface area contributed by atoms with E-state index in [0.29, 0.717) is 6.54 Å². The molecule has 7 heteroatoms. The van der Waals surface area contributed by atoms with Gasteiger partial charge in [-0.1, -0.05) is 30.8 Å². The van der Waals surface area contributed by atoms with Crippen molar-refractivity contribution in [3.8, 4) is 11.3 Å². The van der Waals surface area contributed by atoms with Crippen molar-refractivity contribution in [2.24, 2.45) is 5.73 Å². The minimum atomic E-state index is -0.255. The van der Waals surface area contributed by atoms with Crippen molar-refractivity contribution in [2.75, 3.05) is 23.4 Å². The molecule has 1 aliphatic rings. The summed E-state index contributed by atoms with van der Waals surface area (Å²) < 4.78 is 15.4. The molecule has 0 bridgehead atoms. The molecule has 2 N–H and O–H groups in total. The number of imidazole rings is 1. The maximum Gasteiger partial charge on any atom is 0.154 e. The van der Waals surface area contributed by atoms with Gasteiger partial charge in [-0.2, -0.15) is 0 Å². The maximum absolute atomic E-state index is 13.6. The summed E-state index contributed by atoms with van der Waals surface area (Å²) in [7, 11) is 1.94. The average molecular weight is 443 g/mol. The molecule has 0 spiro atoms. The van der Waals surface area contributed by atoms with Crippen molar-refractivity contribution >= 4 is 17.2 Å². The van der Waals surface area contributed by atoms with Gasteiger partial charge in [-0.05, 0) is 48.9 Å². The molecule has 168 valence electrons. The van der Waals surface area contributed by atoms with Gasteiger partial charge in [0.05, 0.1) is 11.9 Å². The lowest BCUT2D eigenvalue weighted by Gasteiger charge is -2.22. The van der Waals surface area contributed by atoms with Crippen LogP contribution < -0.4 is 15.5 Å². The van der Waals surface area contributed by atoms with Crippen molar-refractivity contribution in [2.45, 2.75) is 25.4 Å². The number of anilines is 2. The van der Waals surface area contributed by atoms with Gasteiger partial charge in [0.25, 0.3) is 0 Å².